The first-order valence-corrected chi connectivity index (χ1v) is 7.37. The quantitative estimate of drug-likeness (QED) is 0.820. The fourth-order valence-corrected chi connectivity index (χ4v) is 2.41. The second kappa shape index (κ2) is 6.89. The first-order valence-electron chi connectivity index (χ1n) is 6.20. The van der Waals surface area contributed by atoms with Crippen molar-refractivity contribution in [2.24, 2.45) is 0 Å². The van der Waals surface area contributed by atoms with Crippen molar-refractivity contribution in [3.63, 3.8) is 0 Å². The summed E-state index contributed by atoms with van der Waals surface area (Å²) in [5.74, 6) is -1.23. The van der Waals surface area contributed by atoms with Gasteiger partial charge in [0.25, 0.3) is 5.91 Å². The van der Waals surface area contributed by atoms with Crippen LogP contribution in [0.1, 0.15) is 17.3 Å². The topological polar surface area (TPSA) is 58.2 Å². The van der Waals surface area contributed by atoms with Crippen molar-refractivity contribution in [3.8, 4) is 0 Å². The molecule has 0 spiro atoms. The lowest BCUT2D eigenvalue weighted by molar-refractivity contribution is -0.114. The molecule has 0 saturated carbocycles. The van der Waals surface area contributed by atoms with Crippen molar-refractivity contribution in [2.45, 2.75) is 6.92 Å². The van der Waals surface area contributed by atoms with E-state index in [0.717, 1.165) is 6.07 Å². The van der Waals surface area contributed by atoms with E-state index in [1.807, 2.05) is 0 Å². The zero-order valence-electron chi connectivity index (χ0n) is 11.4. The first-order chi connectivity index (χ1) is 10.4. The maximum atomic E-state index is 13.2. The average Bonchev–Trinajstić information content (AvgIpc) is 2.44. The van der Waals surface area contributed by atoms with Gasteiger partial charge >= 0.3 is 0 Å². The van der Waals surface area contributed by atoms with Crippen molar-refractivity contribution in [2.75, 3.05) is 10.6 Å². The highest BCUT2D eigenvalue weighted by Crippen LogP contribution is 2.26. The van der Waals surface area contributed by atoms with E-state index in [2.05, 4.69) is 26.6 Å². The molecule has 2 rings (SSSR count). The molecule has 2 aromatic carbocycles. The normalized spacial score (nSPS) is 10.2. The van der Waals surface area contributed by atoms with Gasteiger partial charge in [-0.1, -0.05) is 11.6 Å². The molecule has 114 valence electrons. The Morgan fingerprint density at radius 1 is 1.14 bits per heavy atom. The second-order valence-corrected chi connectivity index (χ2v) is 5.72. The maximum absolute atomic E-state index is 13.2. The smallest absolute Gasteiger partial charge is 0.256 e. The lowest BCUT2D eigenvalue weighted by Gasteiger charge is -2.10. The number of nitrogens with one attached hydrogen (secondary N) is 2. The summed E-state index contributed by atoms with van der Waals surface area (Å²) in [6, 6.07) is 8.49. The van der Waals surface area contributed by atoms with Gasteiger partial charge in [-0.2, -0.15) is 0 Å². The van der Waals surface area contributed by atoms with Crippen molar-refractivity contribution in [3.05, 3.63) is 57.3 Å². The molecule has 2 aromatic rings. The Hall–Kier alpha value is -1.92. The van der Waals surface area contributed by atoms with Gasteiger partial charge < -0.3 is 10.6 Å². The molecule has 0 saturated heterocycles. The number of hydrogen-bond acceptors (Lipinski definition) is 2. The lowest BCUT2D eigenvalue weighted by Crippen LogP contribution is -2.13. The van der Waals surface area contributed by atoms with Crippen LogP contribution in [0.15, 0.2) is 40.9 Å². The van der Waals surface area contributed by atoms with E-state index in [-0.39, 0.29) is 16.5 Å². The monoisotopic (exact) mass is 384 g/mol. The van der Waals surface area contributed by atoms with Crippen LogP contribution in [0.4, 0.5) is 15.8 Å². The molecule has 0 fully saturated rings. The fraction of sp³-hybridized carbons (Fsp3) is 0.0667. The molecule has 0 radical (unpaired) electrons. The van der Waals surface area contributed by atoms with Gasteiger partial charge in [0.15, 0.2) is 0 Å². The zero-order chi connectivity index (χ0) is 16.3. The van der Waals surface area contributed by atoms with E-state index in [1.165, 1.54) is 25.1 Å². The minimum atomic E-state index is -0.507. The Morgan fingerprint density at radius 2 is 1.86 bits per heavy atom. The number of anilines is 2. The van der Waals surface area contributed by atoms with E-state index < -0.39 is 11.7 Å². The Bertz CT molecular complexity index is 752. The number of carbonyl (C=O) groups is 2. The van der Waals surface area contributed by atoms with Gasteiger partial charge in [-0.15, -0.1) is 0 Å². The standard InChI is InChI=1S/C15H11BrClFN2O2/c1-8(21)19-14-5-3-10(7-13(14)17)20-15(22)11-6-9(18)2-4-12(11)16/h2-7H,1H3,(H,19,21)(H,20,22). The molecule has 2 amide bonds. The van der Waals surface area contributed by atoms with Gasteiger partial charge in [-0.25, -0.2) is 4.39 Å². The van der Waals surface area contributed by atoms with Gasteiger partial charge in [0.2, 0.25) is 5.91 Å². The Morgan fingerprint density at radius 3 is 2.50 bits per heavy atom. The largest absolute Gasteiger partial charge is 0.325 e. The number of hydrogen-bond donors (Lipinski definition) is 2. The predicted octanol–water partition coefficient (Wildman–Crippen LogP) is 4.45. The summed E-state index contributed by atoms with van der Waals surface area (Å²) in [4.78, 5) is 23.1. The molecule has 2 N–H and O–H groups in total. The average molecular weight is 386 g/mol. The minimum Gasteiger partial charge on any atom is -0.325 e. The summed E-state index contributed by atoms with van der Waals surface area (Å²) in [6.45, 7) is 1.37. The van der Waals surface area contributed by atoms with E-state index in [4.69, 9.17) is 11.6 Å². The van der Waals surface area contributed by atoms with E-state index >= 15 is 0 Å². The highest BCUT2D eigenvalue weighted by atomic mass is 79.9. The van der Waals surface area contributed by atoms with Crippen molar-refractivity contribution in [1.82, 2.24) is 0 Å². The third-order valence-corrected chi connectivity index (χ3v) is 3.71. The van der Waals surface area contributed by atoms with Crippen molar-refractivity contribution < 1.29 is 14.0 Å². The molecule has 4 nitrogen and oxygen atoms in total. The molecule has 0 heterocycles. The minimum absolute atomic E-state index is 0.169. The van der Waals surface area contributed by atoms with Crippen LogP contribution in [-0.4, -0.2) is 11.8 Å². The molecule has 0 aliphatic rings. The van der Waals surface area contributed by atoms with Crippen molar-refractivity contribution >= 4 is 50.7 Å². The second-order valence-electron chi connectivity index (χ2n) is 4.45. The van der Waals surface area contributed by atoms with Gasteiger partial charge in [0.1, 0.15) is 5.82 Å². The summed E-state index contributed by atoms with van der Waals surface area (Å²) in [7, 11) is 0. The number of amides is 2. The highest BCUT2D eigenvalue weighted by Gasteiger charge is 2.12. The van der Waals surface area contributed by atoms with Crippen LogP contribution in [-0.2, 0) is 4.79 Å². The molecule has 0 aliphatic carbocycles. The molecule has 0 bridgehead atoms. The number of carbonyl (C=O) groups excluding carboxylic acids is 2. The van der Waals surface area contributed by atoms with Gasteiger partial charge in [0, 0.05) is 17.1 Å². The van der Waals surface area contributed by atoms with Crippen LogP contribution >= 0.6 is 27.5 Å². The molecule has 0 unspecified atom stereocenters. The van der Waals surface area contributed by atoms with Gasteiger partial charge in [-0.05, 0) is 52.3 Å². The SMILES string of the molecule is CC(=O)Nc1ccc(NC(=O)c2cc(F)ccc2Br)cc1Cl. The maximum Gasteiger partial charge on any atom is 0.256 e. The predicted molar refractivity (Wildman–Crippen MR) is 87.8 cm³/mol. The van der Waals surface area contributed by atoms with Crippen LogP contribution in [0, 0.1) is 5.82 Å². The van der Waals surface area contributed by atoms with Crippen molar-refractivity contribution in [1.29, 1.82) is 0 Å². The lowest BCUT2D eigenvalue weighted by atomic mass is 10.2. The number of halogens is 3. The molecule has 22 heavy (non-hydrogen) atoms. The summed E-state index contributed by atoms with van der Waals surface area (Å²) in [5, 5.41) is 5.46. The molecule has 0 atom stereocenters. The fourth-order valence-electron chi connectivity index (χ4n) is 1.75. The number of benzene rings is 2. The van der Waals surface area contributed by atoms with E-state index in [9.17, 15) is 14.0 Å². The molecule has 7 heteroatoms. The summed E-state index contributed by atoms with van der Waals surface area (Å²) >= 11 is 9.22. The third-order valence-electron chi connectivity index (χ3n) is 2.71. The molecular formula is C15H11BrClFN2O2. The Kier molecular flexibility index (Phi) is 5.15. The summed E-state index contributed by atoms with van der Waals surface area (Å²) in [6.07, 6.45) is 0. The number of rotatable bonds is 3. The van der Waals surface area contributed by atoms with Crippen LogP contribution in [0.2, 0.25) is 5.02 Å². The Balaban J connectivity index is 2.20. The zero-order valence-corrected chi connectivity index (χ0v) is 13.8. The van der Waals surface area contributed by atoms with Crippen LogP contribution in [0.5, 0.6) is 0 Å². The third kappa shape index (κ3) is 4.05. The van der Waals surface area contributed by atoms with Crippen LogP contribution in [0.25, 0.3) is 0 Å². The molecule has 0 aliphatic heterocycles. The summed E-state index contributed by atoms with van der Waals surface area (Å²) < 4.78 is 13.7. The molecule has 0 aromatic heterocycles. The highest BCUT2D eigenvalue weighted by molar-refractivity contribution is 9.10. The van der Waals surface area contributed by atoms with Gasteiger partial charge in [0.05, 0.1) is 16.3 Å². The van der Waals surface area contributed by atoms with E-state index in [0.29, 0.717) is 15.8 Å². The first kappa shape index (κ1) is 16.5. The van der Waals surface area contributed by atoms with Gasteiger partial charge in [-0.3, -0.25) is 9.59 Å². The Labute approximate surface area is 139 Å². The molecular weight excluding hydrogens is 375 g/mol. The van der Waals surface area contributed by atoms with E-state index in [1.54, 1.807) is 12.1 Å². The van der Waals surface area contributed by atoms with Crippen LogP contribution < -0.4 is 10.6 Å². The summed E-state index contributed by atoms with van der Waals surface area (Å²) in [5.41, 5.74) is 1.04. The van der Waals surface area contributed by atoms with Crippen LogP contribution in [0.3, 0.4) is 0 Å².